The molecule has 0 saturated carbocycles. The Morgan fingerprint density at radius 1 is 1.11 bits per heavy atom. The van der Waals surface area contributed by atoms with Crippen molar-refractivity contribution in [2.24, 2.45) is 0 Å². The van der Waals surface area contributed by atoms with Gasteiger partial charge in [-0.25, -0.2) is 0 Å². The van der Waals surface area contributed by atoms with E-state index >= 15 is 0 Å². The van der Waals surface area contributed by atoms with Crippen LogP contribution in [0.3, 0.4) is 0 Å². The van der Waals surface area contributed by atoms with Crippen LogP contribution in [0.5, 0.6) is 0 Å². The third-order valence-electron chi connectivity index (χ3n) is 2.85. The van der Waals surface area contributed by atoms with Gasteiger partial charge in [0.25, 0.3) is 0 Å². The molecule has 104 valence electrons. The minimum atomic E-state index is 0.0999. The number of ether oxygens (including phenoxy) is 1. The van der Waals surface area contributed by atoms with Gasteiger partial charge in [0.05, 0.1) is 6.61 Å². The number of allylic oxidation sites excluding steroid dienone is 1. The quantitative estimate of drug-likeness (QED) is 0.368. The molecule has 0 amide bonds. The lowest BCUT2D eigenvalue weighted by atomic mass is 10.1. The number of rotatable bonds is 9. The highest BCUT2D eigenvalue weighted by Crippen LogP contribution is 2.12. The minimum absolute atomic E-state index is 0.0999. The predicted octanol–water partition coefficient (Wildman–Crippen LogP) is 4.60. The fourth-order valence-electron chi connectivity index (χ4n) is 1.79. The number of unbranched alkanes of at least 4 members (excludes halogenated alkanes) is 2. The molecule has 0 aliphatic heterocycles. The molecule has 0 bridgehead atoms. The molecule has 0 saturated heterocycles. The first-order valence-corrected chi connectivity index (χ1v) is 7.20. The fraction of sp³-hybridized carbons (Fsp3) is 0.471. The van der Waals surface area contributed by atoms with E-state index in [-0.39, 0.29) is 5.78 Å². The molecule has 0 aromatic heterocycles. The molecule has 2 nitrogen and oxygen atoms in total. The summed E-state index contributed by atoms with van der Waals surface area (Å²) in [4.78, 5) is 12.0. The van der Waals surface area contributed by atoms with Gasteiger partial charge in [0.15, 0.2) is 11.5 Å². The van der Waals surface area contributed by atoms with Gasteiger partial charge in [-0.15, -0.1) is 0 Å². The number of hydrogen-bond donors (Lipinski definition) is 0. The van der Waals surface area contributed by atoms with Crippen molar-refractivity contribution in [3.8, 4) is 0 Å². The van der Waals surface area contributed by atoms with Crippen molar-refractivity contribution >= 4 is 11.9 Å². The SMILES string of the molecule is CCCCCOC(=Cc1ccccc1)C(=O)CCC. The first kappa shape index (κ1) is 15.5. The van der Waals surface area contributed by atoms with Crippen molar-refractivity contribution in [1.29, 1.82) is 0 Å². The molecule has 19 heavy (non-hydrogen) atoms. The summed E-state index contributed by atoms with van der Waals surface area (Å²) in [5.74, 6) is 0.604. The number of benzene rings is 1. The molecular weight excluding hydrogens is 236 g/mol. The van der Waals surface area contributed by atoms with Gasteiger partial charge in [0.2, 0.25) is 0 Å². The molecule has 1 aromatic carbocycles. The highest BCUT2D eigenvalue weighted by Gasteiger charge is 2.09. The molecule has 0 radical (unpaired) electrons. The van der Waals surface area contributed by atoms with E-state index in [9.17, 15) is 4.79 Å². The van der Waals surface area contributed by atoms with Crippen LogP contribution in [0.1, 0.15) is 51.5 Å². The predicted molar refractivity (Wildman–Crippen MR) is 79.8 cm³/mol. The Labute approximate surface area is 116 Å². The Kier molecular flexibility index (Phi) is 7.64. The fourth-order valence-corrected chi connectivity index (χ4v) is 1.79. The average molecular weight is 260 g/mol. The third-order valence-corrected chi connectivity index (χ3v) is 2.85. The summed E-state index contributed by atoms with van der Waals surface area (Å²) < 4.78 is 5.67. The number of carbonyl (C=O) groups excluding carboxylic acids is 1. The molecule has 0 aliphatic carbocycles. The summed E-state index contributed by atoms with van der Waals surface area (Å²) in [7, 11) is 0. The van der Waals surface area contributed by atoms with E-state index in [0.717, 1.165) is 31.2 Å². The van der Waals surface area contributed by atoms with E-state index in [1.165, 1.54) is 0 Å². The first-order chi connectivity index (χ1) is 9.27. The standard InChI is InChI=1S/C17H24O2/c1-3-5-9-13-19-17(16(18)10-4-2)14-15-11-7-6-8-12-15/h6-8,11-12,14H,3-5,9-10,13H2,1-2H3. The average Bonchev–Trinajstić information content (AvgIpc) is 2.43. The number of Topliss-reactive ketones (excluding diaryl/α,β-unsaturated/α-hetero) is 1. The monoisotopic (exact) mass is 260 g/mol. The highest BCUT2D eigenvalue weighted by molar-refractivity contribution is 5.97. The number of hydrogen-bond acceptors (Lipinski definition) is 2. The van der Waals surface area contributed by atoms with Crippen LogP contribution in [0.2, 0.25) is 0 Å². The lowest BCUT2D eigenvalue weighted by molar-refractivity contribution is -0.118. The summed E-state index contributed by atoms with van der Waals surface area (Å²) in [5, 5.41) is 0. The Bertz CT molecular complexity index is 393. The summed E-state index contributed by atoms with van der Waals surface area (Å²) >= 11 is 0. The third kappa shape index (κ3) is 6.23. The lowest BCUT2D eigenvalue weighted by Crippen LogP contribution is -2.07. The van der Waals surface area contributed by atoms with E-state index in [0.29, 0.717) is 18.8 Å². The Morgan fingerprint density at radius 3 is 2.47 bits per heavy atom. The second-order valence-corrected chi connectivity index (χ2v) is 4.65. The van der Waals surface area contributed by atoms with Crippen LogP contribution in [0.15, 0.2) is 36.1 Å². The molecule has 0 aliphatic rings. The molecule has 0 unspecified atom stereocenters. The maximum Gasteiger partial charge on any atom is 0.197 e. The zero-order valence-corrected chi connectivity index (χ0v) is 12.0. The van der Waals surface area contributed by atoms with Crippen molar-refractivity contribution in [1.82, 2.24) is 0 Å². The molecule has 0 atom stereocenters. The molecular formula is C17H24O2. The van der Waals surface area contributed by atoms with Gasteiger partial charge in [-0.2, -0.15) is 0 Å². The largest absolute Gasteiger partial charge is 0.490 e. The molecule has 0 heterocycles. The molecule has 0 fully saturated rings. The number of ketones is 1. The van der Waals surface area contributed by atoms with Gasteiger partial charge in [-0.05, 0) is 24.5 Å². The van der Waals surface area contributed by atoms with Crippen LogP contribution in [-0.2, 0) is 9.53 Å². The van der Waals surface area contributed by atoms with Crippen molar-refractivity contribution < 1.29 is 9.53 Å². The van der Waals surface area contributed by atoms with E-state index in [4.69, 9.17) is 4.74 Å². The molecule has 0 N–H and O–H groups in total. The highest BCUT2D eigenvalue weighted by atomic mass is 16.5. The minimum Gasteiger partial charge on any atom is -0.490 e. The number of carbonyl (C=O) groups is 1. The maximum atomic E-state index is 12.0. The summed E-state index contributed by atoms with van der Waals surface area (Å²) in [6.07, 6.45) is 6.55. The van der Waals surface area contributed by atoms with Crippen LogP contribution in [0, 0.1) is 0 Å². The van der Waals surface area contributed by atoms with E-state index in [1.54, 1.807) is 0 Å². The normalized spacial score (nSPS) is 11.4. The van der Waals surface area contributed by atoms with Gasteiger partial charge in [-0.1, -0.05) is 57.0 Å². The van der Waals surface area contributed by atoms with Crippen molar-refractivity contribution in [3.63, 3.8) is 0 Å². The first-order valence-electron chi connectivity index (χ1n) is 7.20. The van der Waals surface area contributed by atoms with Crippen LogP contribution in [-0.4, -0.2) is 12.4 Å². The van der Waals surface area contributed by atoms with Gasteiger partial charge in [0.1, 0.15) is 0 Å². The van der Waals surface area contributed by atoms with Crippen LogP contribution in [0.25, 0.3) is 6.08 Å². The van der Waals surface area contributed by atoms with Gasteiger partial charge < -0.3 is 4.74 Å². The van der Waals surface area contributed by atoms with Gasteiger partial charge in [-0.3, -0.25) is 4.79 Å². The van der Waals surface area contributed by atoms with Crippen LogP contribution in [0.4, 0.5) is 0 Å². The van der Waals surface area contributed by atoms with Crippen LogP contribution < -0.4 is 0 Å². The smallest absolute Gasteiger partial charge is 0.197 e. The van der Waals surface area contributed by atoms with Crippen molar-refractivity contribution in [3.05, 3.63) is 41.7 Å². The summed E-state index contributed by atoms with van der Waals surface area (Å²) in [6, 6.07) is 9.85. The molecule has 0 spiro atoms. The summed E-state index contributed by atoms with van der Waals surface area (Å²) in [6.45, 7) is 4.79. The molecule has 2 heteroatoms. The Balaban J connectivity index is 2.68. The second kappa shape index (κ2) is 9.37. The molecule has 1 aromatic rings. The van der Waals surface area contributed by atoms with Gasteiger partial charge >= 0.3 is 0 Å². The second-order valence-electron chi connectivity index (χ2n) is 4.65. The van der Waals surface area contributed by atoms with Crippen molar-refractivity contribution in [2.45, 2.75) is 46.0 Å². The summed E-state index contributed by atoms with van der Waals surface area (Å²) in [5.41, 5.74) is 1.01. The zero-order chi connectivity index (χ0) is 13.9. The van der Waals surface area contributed by atoms with E-state index in [1.807, 2.05) is 43.3 Å². The maximum absolute atomic E-state index is 12.0. The van der Waals surface area contributed by atoms with Crippen LogP contribution >= 0.6 is 0 Å². The van der Waals surface area contributed by atoms with Gasteiger partial charge in [0, 0.05) is 6.42 Å². The topological polar surface area (TPSA) is 26.3 Å². The zero-order valence-electron chi connectivity index (χ0n) is 12.0. The van der Waals surface area contributed by atoms with E-state index < -0.39 is 0 Å². The Hall–Kier alpha value is -1.57. The molecule has 1 rings (SSSR count). The lowest BCUT2D eigenvalue weighted by Gasteiger charge is -2.09. The Morgan fingerprint density at radius 2 is 1.84 bits per heavy atom. The van der Waals surface area contributed by atoms with Crippen molar-refractivity contribution in [2.75, 3.05) is 6.61 Å². The van der Waals surface area contributed by atoms with E-state index in [2.05, 4.69) is 6.92 Å².